The van der Waals surface area contributed by atoms with Crippen LogP contribution in [0.25, 0.3) is 0 Å². The summed E-state index contributed by atoms with van der Waals surface area (Å²) in [7, 11) is 0. The molecule has 0 bridgehead atoms. The van der Waals surface area contributed by atoms with Gasteiger partial charge in [-0.2, -0.15) is 0 Å². The molecule has 2 aromatic heterocycles. The van der Waals surface area contributed by atoms with Crippen LogP contribution in [0, 0.1) is 13.8 Å². The predicted molar refractivity (Wildman–Crippen MR) is 73.7 cm³/mol. The van der Waals surface area contributed by atoms with Crippen LogP contribution < -0.4 is 0 Å². The van der Waals surface area contributed by atoms with Gasteiger partial charge < -0.3 is 14.6 Å². The molecule has 0 fully saturated rings. The highest BCUT2D eigenvalue weighted by Gasteiger charge is 2.18. The highest BCUT2D eigenvalue weighted by atomic mass is 32.2. The van der Waals surface area contributed by atoms with E-state index in [2.05, 4.69) is 9.97 Å². The fourth-order valence-electron chi connectivity index (χ4n) is 1.74. The minimum absolute atomic E-state index is 0.0515. The van der Waals surface area contributed by atoms with Crippen molar-refractivity contribution in [1.29, 1.82) is 0 Å². The quantitative estimate of drug-likeness (QED) is 0.639. The molecule has 0 aromatic carbocycles. The van der Waals surface area contributed by atoms with Crippen LogP contribution >= 0.6 is 11.8 Å². The number of furan rings is 1. The van der Waals surface area contributed by atoms with Crippen LogP contribution in [0.15, 0.2) is 21.6 Å². The smallest absolute Gasteiger partial charge is 0.371 e. The highest BCUT2D eigenvalue weighted by Crippen LogP contribution is 2.27. The van der Waals surface area contributed by atoms with Gasteiger partial charge in [0.15, 0.2) is 0 Å². The monoisotopic (exact) mass is 308 g/mol. The van der Waals surface area contributed by atoms with E-state index in [1.807, 2.05) is 0 Å². The summed E-state index contributed by atoms with van der Waals surface area (Å²) in [5, 5.41) is 18.3. The Morgan fingerprint density at radius 3 is 2.48 bits per heavy atom. The van der Waals surface area contributed by atoms with Gasteiger partial charge in [0.2, 0.25) is 5.76 Å². The highest BCUT2D eigenvalue weighted by molar-refractivity contribution is 7.98. The van der Waals surface area contributed by atoms with Crippen LogP contribution in [0.3, 0.4) is 0 Å². The molecule has 2 rings (SSSR count). The van der Waals surface area contributed by atoms with Gasteiger partial charge in [-0.1, -0.05) is 11.8 Å². The predicted octanol–water partition coefficient (Wildman–Crippen LogP) is 2.38. The van der Waals surface area contributed by atoms with Crippen molar-refractivity contribution in [2.45, 2.75) is 24.6 Å². The molecule has 2 N–H and O–H groups in total. The SMILES string of the molecule is Cc1nc(C)c(C(=O)O)c(SCc2ccc(C(=O)O)o2)n1. The zero-order valence-electron chi connectivity index (χ0n) is 11.3. The Labute approximate surface area is 124 Å². The number of carboxylic acids is 2. The number of carboxylic acid groups (broad SMARTS) is 2. The average Bonchev–Trinajstić information content (AvgIpc) is 2.83. The maximum Gasteiger partial charge on any atom is 0.371 e. The van der Waals surface area contributed by atoms with E-state index in [0.29, 0.717) is 22.3 Å². The van der Waals surface area contributed by atoms with E-state index in [-0.39, 0.29) is 17.1 Å². The molecule has 0 saturated carbocycles. The summed E-state index contributed by atoms with van der Waals surface area (Å²) in [6.45, 7) is 3.29. The lowest BCUT2D eigenvalue weighted by Crippen LogP contribution is -2.08. The van der Waals surface area contributed by atoms with E-state index in [9.17, 15) is 14.7 Å². The Morgan fingerprint density at radius 2 is 1.90 bits per heavy atom. The molecule has 2 aromatic rings. The lowest BCUT2D eigenvalue weighted by Gasteiger charge is -2.07. The number of thioether (sulfide) groups is 1. The van der Waals surface area contributed by atoms with Crippen LogP contribution in [0.4, 0.5) is 0 Å². The first-order chi connectivity index (χ1) is 9.88. The first kappa shape index (κ1) is 15.0. The maximum atomic E-state index is 11.3. The summed E-state index contributed by atoms with van der Waals surface area (Å²) in [6.07, 6.45) is 0. The summed E-state index contributed by atoms with van der Waals surface area (Å²) >= 11 is 1.16. The van der Waals surface area contributed by atoms with Crippen molar-refractivity contribution in [2.24, 2.45) is 0 Å². The third-order valence-electron chi connectivity index (χ3n) is 2.61. The number of hydrogen-bond donors (Lipinski definition) is 2. The van der Waals surface area contributed by atoms with Crippen LogP contribution in [0.1, 0.15) is 38.2 Å². The maximum absolute atomic E-state index is 11.3. The molecule has 0 saturated heterocycles. The second-order valence-corrected chi connectivity index (χ2v) is 5.17. The van der Waals surface area contributed by atoms with Crippen LogP contribution in [0.5, 0.6) is 0 Å². The summed E-state index contributed by atoms with van der Waals surface area (Å²) in [5.74, 6) is -1.21. The van der Waals surface area contributed by atoms with E-state index in [4.69, 9.17) is 9.52 Å². The normalized spacial score (nSPS) is 10.6. The summed E-state index contributed by atoms with van der Waals surface area (Å²) < 4.78 is 5.12. The van der Waals surface area contributed by atoms with Gasteiger partial charge in [0.05, 0.1) is 11.4 Å². The lowest BCUT2D eigenvalue weighted by molar-refractivity contribution is 0.0658. The molecule has 8 heteroatoms. The molecular weight excluding hydrogens is 296 g/mol. The zero-order chi connectivity index (χ0) is 15.6. The Kier molecular flexibility index (Phi) is 4.27. The van der Waals surface area contributed by atoms with E-state index in [0.717, 1.165) is 11.8 Å². The van der Waals surface area contributed by atoms with Crippen molar-refractivity contribution in [2.75, 3.05) is 0 Å². The molecule has 0 atom stereocenters. The van der Waals surface area contributed by atoms with Gasteiger partial charge in [-0.3, -0.25) is 0 Å². The van der Waals surface area contributed by atoms with Gasteiger partial charge in [-0.05, 0) is 26.0 Å². The van der Waals surface area contributed by atoms with E-state index in [1.165, 1.54) is 12.1 Å². The molecule has 0 radical (unpaired) electrons. The molecule has 0 aliphatic carbocycles. The summed E-state index contributed by atoms with van der Waals surface area (Å²) in [5.41, 5.74) is 0.443. The van der Waals surface area contributed by atoms with Crippen molar-refractivity contribution in [3.63, 3.8) is 0 Å². The third-order valence-corrected chi connectivity index (χ3v) is 3.60. The van der Waals surface area contributed by atoms with Gasteiger partial charge in [-0.15, -0.1) is 0 Å². The minimum Gasteiger partial charge on any atom is -0.478 e. The van der Waals surface area contributed by atoms with Crippen LogP contribution in [-0.2, 0) is 5.75 Å². The topological polar surface area (TPSA) is 114 Å². The summed E-state index contributed by atoms with van der Waals surface area (Å²) in [6, 6.07) is 2.89. The standard InChI is InChI=1S/C13H12N2O5S/c1-6-10(13(18)19)11(15-7(2)14-6)21-5-8-3-4-9(20-8)12(16)17/h3-4H,5H2,1-2H3,(H,16,17)(H,18,19). The molecule has 0 aliphatic rings. The number of aromatic carboxylic acids is 2. The van der Waals surface area contributed by atoms with Crippen LogP contribution in [-0.4, -0.2) is 32.1 Å². The molecule has 0 aliphatic heterocycles. The van der Waals surface area contributed by atoms with Crippen molar-refractivity contribution in [3.8, 4) is 0 Å². The molecular formula is C13H12N2O5S. The zero-order valence-corrected chi connectivity index (χ0v) is 12.1. The second kappa shape index (κ2) is 5.96. The Morgan fingerprint density at radius 1 is 1.19 bits per heavy atom. The number of aromatic nitrogens is 2. The first-order valence-electron chi connectivity index (χ1n) is 5.92. The number of aryl methyl sites for hydroxylation is 2. The van der Waals surface area contributed by atoms with Crippen molar-refractivity contribution >= 4 is 23.7 Å². The van der Waals surface area contributed by atoms with Crippen LogP contribution in [0.2, 0.25) is 0 Å². The molecule has 0 unspecified atom stereocenters. The molecule has 0 spiro atoms. The second-order valence-electron chi connectivity index (χ2n) is 4.20. The minimum atomic E-state index is -1.15. The van der Waals surface area contributed by atoms with Crippen molar-refractivity contribution in [3.05, 3.63) is 40.7 Å². The van der Waals surface area contributed by atoms with E-state index >= 15 is 0 Å². The van der Waals surface area contributed by atoms with E-state index in [1.54, 1.807) is 13.8 Å². The fourth-order valence-corrected chi connectivity index (χ4v) is 2.75. The fraction of sp³-hybridized carbons (Fsp3) is 0.231. The third kappa shape index (κ3) is 3.40. The number of rotatable bonds is 5. The average molecular weight is 308 g/mol. The Balaban J connectivity index is 2.22. The number of hydrogen-bond acceptors (Lipinski definition) is 6. The van der Waals surface area contributed by atoms with Gasteiger partial charge >= 0.3 is 11.9 Å². The summed E-state index contributed by atoms with van der Waals surface area (Å²) in [4.78, 5) is 30.1. The van der Waals surface area contributed by atoms with Crippen molar-refractivity contribution in [1.82, 2.24) is 9.97 Å². The lowest BCUT2D eigenvalue weighted by atomic mass is 10.2. The molecule has 21 heavy (non-hydrogen) atoms. The van der Waals surface area contributed by atoms with Gasteiger partial charge in [-0.25, -0.2) is 19.6 Å². The molecule has 110 valence electrons. The molecule has 7 nitrogen and oxygen atoms in total. The first-order valence-corrected chi connectivity index (χ1v) is 6.90. The van der Waals surface area contributed by atoms with Gasteiger partial charge in [0.1, 0.15) is 22.2 Å². The largest absolute Gasteiger partial charge is 0.478 e. The molecule has 0 amide bonds. The molecule has 2 heterocycles. The van der Waals surface area contributed by atoms with E-state index < -0.39 is 11.9 Å². The van der Waals surface area contributed by atoms with Crippen molar-refractivity contribution < 1.29 is 24.2 Å². The Bertz CT molecular complexity index is 711. The Hall–Kier alpha value is -2.35. The number of nitrogens with zero attached hydrogens (tertiary/aromatic N) is 2. The van der Waals surface area contributed by atoms with Gasteiger partial charge in [0.25, 0.3) is 0 Å². The van der Waals surface area contributed by atoms with Gasteiger partial charge in [0, 0.05) is 0 Å². The number of carbonyl (C=O) groups is 2.